The van der Waals surface area contributed by atoms with Crippen molar-refractivity contribution in [3.8, 4) is 0 Å². The third-order valence-electron chi connectivity index (χ3n) is 4.70. The quantitative estimate of drug-likeness (QED) is 0.755. The van der Waals surface area contributed by atoms with Crippen LogP contribution in [0.4, 0.5) is 11.4 Å². The van der Waals surface area contributed by atoms with E-state index < -0.39 is 0 Å². The van der Waals surface area contributed by atoms with Gasteiger partial charge in [-0.2, -0.15) is 0 Å². The van der Waals surface area contributed by atoms with Crippen molar-refractivity contribution in [1.29, 1.82) is 0 Å². The van der Waals surface area contributed by atoms with E-state index in [1.165, 1.54) is 0 Å². The standard InChI is InChI=1S/C22H26N4O3/c1-25(2)15-17-6-3-4-7-19(17)24-20(27)14-23-22(29)16-9-11-18(12-10-16)26-13-5-8-21(26)28/h3-4,6-7,9-12H,5,8,13-15H2,1-2H3,(H,23,29)(H,24,27). The van der Waals surface area contributed by atoms with Crippen LogP contribution in [0, 0.1) is 0 Å². The fourth-order valence-corrected chi connectivity index (χ4v) is 3.29. The van der Waals surface area contributed by atoms with Crippen molar-refractivity contribution in [3.63, 3.8) is 0 Å². The number of carbonyl (C=O) groups excluding carboxylic acids is 3. The van der Waals surface area contributed by atoms with Gasteiger partial charge < -0.3 is 20.4 Å². The Kier molecular flexibility index (Phi) is 6.61. The van der Waals surface area contributed by atoms with Gasteiger partial charge in [-0.3, -0.25) is 14.4 Å². The molecule has 7 nitrogen and oxygen atoms in total. The predicted molar refractivity (Wildman–Crippen MR) is 113 cm³/mol. The number of para-hydroxylation sites is 1. The van der Waals surface area contributed by atoms with Crippen molar-refractivity contribution in [3.05, 3.63) is 59.7 Å². The van der Waals surface area contributed by atoms with Gasteiger partial charge in [0.25, 0.3) is 5.91 Å². The highest BCUT2D eigenvalue weighted by molar-refractivity contribution is 6.00. The maximum atomic E-state index is 12.3. The Labute approximate surface area is 170 Å². The molecule has 0 atom stereocenters. The lowest BCUT2D eigenvalue weighted by Gasteiger charge is -2.16. The molecule has 0 radical (unpaired) electrons. The van der Waals surface area contributed by atoms with E-state index in [1.54, 1.807) is 29.2 Å². The Bertz CT molecular complexity index is 893. The van der Waals surface area contributed by atoms with Crippen molar-refractivity contribution in [2.45, 2.75) is 19.4 Å². The molecule has 1 fully saturated rings. The van der Waals surface area contributed by atoms with Gasteiger partial charge in [0.05, 0.1) is 6.54 Å². The van der Waals surface area contributed by atoms with Crippen LogP contribution in [0.2, 0.25) is 0 Å². The van der Waals surface area contributed by atoms with Crippen molar-refractivity contribution in [2.75, 3.05) is 37.4 Å². The minimum atomic E-state index is -0.332. The highest BCUT2D eigenvalue weighted by Gasteiger charge is 2.21. The van der Waals surface area contributed by atoms with E-state index in [0.717, 1.165) is 23.4 Å². The maximum absolute atomic E-state index is 12.3. The molecule has 7 heteroatoms. The SMILES string of the molecule is CN(C)Cc1ccccc1NC(=O)CNC(=O)c1ccc(N2CCCC2=O)cc1. The summed E-state index contributed by atoms with van der Waals surface area (Å²) in [6, 6.07) is 14.4. The molecule has 0 bridgehead atoms. The molecule has 0 aromatic heterocycles. The number of benzene rings is 2. The highest BCUT2D eigenvalue weighted by atomic mass is 16.2. The number of hydrogen-bond acceptors (Lipinski definition) is 4. The summed E-state index contributed by atoms with van der Waals surface area (Å²) in [5.74, 6) is -0.515. The first-order valence-corrected chi connectivity index (χ1v) is 9.65. The third-order valence-corrected chi connectivity index (χ3v) is 4.70. The van der Waals surface area contributed by atoms with E-state index in [2.05, 4.69) is 10.6 Å². The number of rotatable bonds is 7. The van der Waals surface area contributed by atoms with Crippen LogP contribution in [0.15, 0.2) is 48.5 Å². The van der Waals surface area contributed by atoms with Crippen LogP contribution < -0.4 is 15.5 Å². The summed E-state index contributed by atoms with van der Waals surface area (Å²) in [4.78, 5) is 40.1. The summed E-state index contributed by atoms with van der Waals surface area (Å²) in [5, 5.41) is 5.48. The predicted octanol–water partition coefficient (Wildman–Crippen LogP) is 2.24. The molecule has 2 N–H and O–H groups in total. The zero-order valence-corrected chi connectivity index (χ0v) is 16.8. The molecule has 2 aromatic carbocycles. The normalized spacial score (nSPS) is 13.6. The molecule has 0 spiro atoms. The van der Waals surface area contributed by atoms with E-state index in [1.807, 2.05) is 43.3 Å². The molecular formula is C22H26N4O3. The smallest absolute Gasteiger partial charge is 0.251 e. The molecule has 3 rings (SSSR count). The molecule has 1 aliphatic rings. The maximum Gasteiger partial charge on any atom is 0.251 e. The van der Waals surface area contributed by atoms with Gasteiger partial charge in [-0.15, -0.1) is 0 Å². The topological polar surface area (TPSA) is 81.8 Å². The lowest BCUT2D eigenvalue weighted by Crippen LogP contribution is -2.33. The first-order valence-electron chi connectivity index (χ1n) is 9.65. The number of carbonyl (C=O) groups is 3. The average molecular weight is 394 g/mol. The number of nitrogens with zero attached hydrogens (tertiary/aromatic N) is 2. The second-order valence-electron chi connectivity index (χ2n) is 7.32. The van der Waals surface area contributed by atoms with Crippen LogP contribution in [0.5, 0.6) is 0 Å². The Morgan fingerprint density at radius 2 is 1.79 bits per heavy atom. The molecule has 3 amide bonds. The first-order chi connectivity index (χ1) is 13.9. The van der Waals surface area contributed by atoms with Gasteiger partial charge in [0.15, 0.2) is 0 Å². The fraction of sp³-hybridized carbons (Fsp3) is 0.318. The van der Waals surface area contributed by atoms with Gasteiger partial charge in [-0.05, 0) is 56.4 Å². The Balaban J connectivity index is 1.54. The molecule has 0 unspecified atom stereocenters. The monoisotopic (exact) mass is 394 g/mol. The van der Waals surface area contributed by atoms with Gasteiger partial charge in [0.1, 0.15) is 0 Å². The van der Waals surface area contributed by atoms with Crippen molar-refractivity contribution in [2.24, 2.45) is 0 Å². The molecule has 0 saturated carbocycles. The van der Waals surface area contributed by atoms with Crippen molar-refractivity contribution < 1.29 is 14.4 Å². The van der Waals surface area contributed by atoms with E-state index in [4.69, 9.17) is 0 Å². The van der Waals surface area contributed by atoms with E-state index in [0.29, 0.717) is 25.1 Å². The molecule has 2 aromatic rings. The van der Waals surface area contributed by atoms with Gasteiger partial charge in [-0.25, -0.2) is 0 Å². The Morgan fingerprint density at radius 3 is 2.45 bits per heavy atom. The van der Waals surface area contributed by atoms with Gasteiger partial charge in [-0.1, -0.05) is 18.2 Å². The fourth-order valence-electron chi connectivity index (χ4n) is 3.29. The van der Waals surface area contributed by atoms with E-state index >= 15 is 0 Å². The van der Waals surface area contributed by atoms with Crippen LogP contribution in [-0.2, 0) is 16.1 Å². The highest BCUT2D eigenvalue weighted by Crippen LogP contribution is 2.21. The van der Waals surface area contributed by atoms with Gasteiger partial charge >= 0.3 is 0 Å². The zero-order chi connectivity index (χ0) is 20.8. The Hall–Kier alpha value is -3.19. The molecular weight excluding hydrogens is 368 g/mol. The van der Waals surface area contributed by atoms with Gasteiger partial charge in [0.2, 0.25) is 11.8 Å². The molecule has 1 saturated heterocycles. The van der Waals surface area contributed by atoms with Crippen LogP contribution in [-0.4, -0.2) is 49.8 Å². The summed E-state index contributed by atoms with van der Waals surface area (Å²) >= 11 is 0. The third kappa shape index (κ3) is 5.42. The van der Waals surface area contributed by atoms with Crippen LogP contribution >= 0.6 is 0 Å². The largest absolute Gasteiger partial charge is 0.343 e. The minimum absolute atomic E-state index is 0.105. The average Bonchev–Trinajstić information content (AvgIpc) is 3.13. The number of hydrogen-bond donors (Lipinski definition) is 2. The van der Waals surface area contributed by atoms with Crippen LogP contribution in [0.1, 0.15) is 28.8 Å². The van der Waals surface area contributed by atoms with Crippen molar-refractivity contribution >= 4 is 29.1 Å². The summed E-state index contributed by atoms with van der Waals surface area (Å²) in [7, 11) is 3.92. The number of amides is 3. The number of nitrogens with one attached hydrogen (secondary N) is 2. The molecule has 29 heavy (non-hydrogen) atoms. The lowest BCUT2D eigenvalue weighted by atomic mass is 10.1. The molecule has 0 aliphatic carbocycles. The first kappa shape index (κ1) is 20.5. The van der Waals surface area contributed by atoms with Crippen LogP contribution in [0.3, 0.4) is 0 Å². The van der Waals surface area contributed by atoms with E-state index in [-0.39, 0.29) is 24.3 Å². The minimum Gasteiger partial charge on any atom is -0.343 e. The Morgan fingerprint density at radius 1 is 1.07 bits per heavy atom. The molecule has 152 valence electrons. The summed E-state index contributed by atoms with van der Waals surface area (Å²) < 4.78 is 0. The van der Waals surface area contributed by atoms with Crippen LogP contribution in [0.25, 0.3) is 0 Å². The second kappa shape index (κ2) is 9.34. The van der Waals surface area contributed by atoms with Crippen molar-refractivity contribution in [1.82, 2.24) is 10.2 Å². The molecule has 1 heterocycles. The van der Waals surface area contributed by atoms with Gasteiger partial charge in [0, 0.05) is 36.4 Å². The number of anilines is 2. The summed E-state index contributed by atoms with van der Waals surface area (Å²) in [6.07, 6.45) is 1.42. The summed E-state index contributed by atoms with van der Waals surface area (Å²) in [6.45, 7) is 1.29. The molecule has 1 aliphatic heterocycles. The summed E-state index contributed by atoms with van der Waals surface area (Å²) in [5.41, 5.74) is 2.98. The second-order valence-corrected chi connectivity index (χ2v) is 7.32. The zero-order valence-electron chi connectivity index (χ0n) is 16.8. The van der Waals surface area contributed by atoms with E-state index in [9.17, 15) is 14.4 Å². The lowest BCUT2D eigenvalue weighted by molar-refractivity contribution is -0.117.